The maximum Gasteiger partial charge on any atom is 0.410 e. The summed E-state index contributed by atoms with van der Waals surface area (Å²) in [6.45, 7) is 2.63. The number of ether oxygens (including phenoxy) is 1. The summed E-state index contributed by atoms with van der Waals surface area (Å²) in [4.78, 5) is 15.5. The predicted molar refractivity (Wildman–Crippen MR) is 68.5 cm³/mol. The van der Waals surface area contributed by atoms with Crippen LogP contribution in [0.25, 0.3) is 0 Å². The third kappa shape index (κ3) is 2.71. The van der Waals surface area contributed by atoms with Gasteiger partial charge in [0.05, 0.1) is 0 Å². The van der Waals surface area contributed by atoms with Crippen LogP contribution in [0.4, 0.5) is 9.18 Å². The first-order chi connectivity index (χ1) is 9.22. The van der Waals surface area contributed by atoms with Crippen molar-refractivity contribution < 1.29 is 13.9 Å². The molecule has 0 saturated carbocycles. The number of rotatable bonds is 3. The Bertz CT molecular complexity index is 442. The number of likely N-dealkylation sites (tertiary alicyclic amines) is 2. The summed E-state index contributed by atoms with van der Waals surface area (Å²) in [6.07, 6.45) is -0.962. The third-order valence-electron chi connectivity index (χ3n) is 3.71. The molecule has 0 aromatic heterocycles. The number of nitrogens with zero attached hydrogens (tertiary/aromatic N) is 2. The van der Waals surface area contributed by atoms with Crippen molar-refractivity contribution in [1.29, 1.82) is 0 Å². The molecule has 2 aliphatic heterocycles. The zero-order valence-corrected chi connectivity index (χ0v) is 10.7. The Morgan fingerprint density at radius 1 is 1.21 bits per heavy atom. The lowest BCUT2D eigenvalue weighted by Crippen LogP contribution is -2.66. The van der Waals surface area contributed by atoms with E-state index in [1.807, 2.05) is 30.3 Å². The Hall–Kier alpha value is -1.62. The molecule has 0 radical (unpaired) electrons. The molecular formula is C14H17FN2O2. The average molecular weight is 264 g/mol. The normalized spacial score (nSPS) is 20.8. The smallest absolute Gasteiger partial charge is 0.410 e. The molecule has 1 aromatic carbocycles. The van der Waals surface area contributed by atoms with Gasteiger partial charge in [-0.15, -0.1) is 0 Å². The van der Waals surface area contributed by atoms with Crippen LogP contribution in [0.1, 0.15) is 5.56 Å². The molecule has 3 rings (SSSR count). The van der Waals surface area contributed by atoms with Gasteiger partial charge >= 0.3 is 6.09 Å². The van der Waals surface area contributed by atoms with Gasteiger partial charge in [0.1, 0.15) is 12.8 Å². The van der Waals surface area contributed by atoms with Crippen LogP contribution in [0, 0.1) is 0 Å². The van der Waals surface area contributed by atoms with Gasteiger partial charge < -0.3 is 9.64 Å². The molecule has 0 unspecified atom stereocenters. The second-order valence-corrected chi connectivity index (χ2v) is 5.15. The Balaban J connectivity index is 1.38. The van der Waals surface area contributed by atoms with Crippen LogP contribution >= 0.6 is 0 Å². The number of benzene rings is 1. The van der Waals surface area contributed by atoms with Crippen molar-refractivity contribution in [1.82, 2.24) is 9.80 Å². The number of hydrogen-bond donors (Lipinski definition) is 0. The maximum atomic E-state index is 12.7. The van der Waals surface area contributed by atoms with Crippen molar-refractivity contribution in [2.75, 3.05) is 26.2 Å². The number of carbonyl (C=O) groups is 1. The van der Waals surface area contributed by atoms with E-state index in [1.54, 1.807) is 4.90 Å². The predicted octanol–water partition coefficient (Wildman–Crippen LogP) is 1.66. The van der Waals surface area contributed by atoms with Crippen LogP contribution in [0.15, 0.2) is 30.3 Å². The van der Waals surface area contributed by atoms with Crippen molar-refractivity contribution >= 4 is 6.09 Å². The fourth-order valence-electron chi connectivity index (χ4n) is 2.40. The summed E-state index contributed by atoms with van der Waals surface area (Å²) in [5.74, 6) is 0. The molecule has 19 heavy (non-hydrogen) atoms. The van der Waals surface area contributed by atoms with Gasteiger partial charge in [0.25, 0.3) is 0 Å². The van der Waals surface area contributed by atoms with E-state index in [4.69, 9.17) is 4.74 Å². The van der Waals surface area contributed by atoms with Crippen LogP contribution in [0.3, 0.4) is 0 Å². The number of halogens is 1. The molecule has 0 aliphatic carbocycles. The molecule has 102 valence electrons. The molecule has 2 fully saturated rings. The lowest BCUT2D eigenvalue weighted by atomic mass is 10.0. The van der Waals surface area contributed by atoms with Gasteiger partial charge in [0.2, 0.25) is 0 Å². The molecule has 2 heterocycles. The van der Waals surface area contributed by atoms with Crippen molar-refractivity contribution in [3.05, 3.63) is 35.9 Å². The molecule has 2 aliphatic rings. The first-order valence-corrected chi connectivity index (χ1v) is 6.56. The summed E-state index contributed by atoms with van der Waals surface area (Å²) in [6, 6.07) is 9.93. The third-order valence-corrected chi connectivity index (χ3v) is 3.71. The van der Waals surface area contributed by atoms with E-state index in [2.05, 4.69) is 4.90 Å². The van der Waals surface area contributed by atoms with Gasteiger partial charge in [-0.3, -0.25) is 4.90 Å². The SMILES string of the molecule is O=C(OCc1ccccc1)N1CC(N2CC(F)C2)C1. The molecule has 1 aromatic rings. The molecule has 2 saturated heterocycles. The van der Waals surface area contributed by atoms with E-state index in [0.29, 0.717) is 38.8 Å². The summed E-state index contributed by atoms with van der Waals surface area (Å²) in [5.41, 5.74) is 0.982. The van der Waals surface area contributed by atoms with E-state index in [0.717, 1.165) is 5.56 Å². The summed E-state index contributed by atoms with van der Waals surface area (Å²) in [5, 5.41) is 0. The second-order valence-electron chi connectivity index (χ2n) is 5.15. The highest BCUT2D eigenvalue weighted by Gasteiger charge is 2.41. The average Bonchev–Trinajstić information content (AvgIpc) is 2.34. The molecule has 5 heteroatoms. The van der Waals surface area contributed by atoms with Crippen LogP contribution in [-0.4, -0.2) is 54.3 Å². The van der Waals surface area contributed by atoms with Crippen molar-refractivity contribution in [3.63, 3.8) is 0 Å². The van der Waals surface area contributed by atoms with Gasteiger partial charge in [-0.1, -0.05) is 30.3 Å². The molecule has 4 nitrogen and oxygen atoms in total. The van der Waals surface area contributed by atoms with E-state index in [9.17, 15) is 9.18 Å². The molecule has 0 N–H and O–H groups in total. The Labute approximate surface area is 111 Å². The zero-order valence-electron chi connectivity index (χ0n) is 10.7. The minimum absolute atomic E-state index is 0.280. The quantitative estimate of drug-likeness (QED) is 0.832. The topological polar surface area (TPSA) is 32.8 Å². The summed E-state index contributed by atoms with van der Waals surface area (Å²) >= 11 is 0. The van der Waals surface area contributed by atoms with Crippen molar-refractivity contribution in [2.24, 2.45) is 0 Å². The van der Waals surface area contributed by atoms with Crippen molar-refractivity contribution in [2.45, 2.75) is 18.8 Å². The number of hydrogen-bond acceptors (Lipinski definition) is 3. The molecule has 0 atom stereocenters. The first-order valence-electron chi connectivity index (χ1n) is 6.56. The Kier molecular flexibility index (Phi) is 3.38. The van der Waals surface area contributed by atoms with Gasteiger partial charge in [-0.2, -0.15) is 0 Å². The number of carbonyl (C=O) groups excluding carboxylic acids is 1. The van der Waals surface area contributed by atoms with E-state index in [-0.39, 0.29) is 6.09 Å². The van der Waals surface area contributed by atoms with Crippen molar-refractivity contribution in [3.8, 4) is 0 Å². The number of alkyl halides is 1. The first kappa shape index (κ1) is 12.4. The number of amides is 1. The molecule has 0 bridgehead atoms. The summed E-state index contributed by atoms with van der Waals surface area (Å²) in [7, 11) is 0. The van der Waals surface area contributed by atoms with Gasteiger partial charge in [-0.05, 0) is 5.56 Å². The minimum atomic E-state index is -0.681. The maximum absolute atomic E-state index is 12.7. The van der Waals surface area contributed by atoms with Crippen LogP contribution < -0.4 is 0 Å². The lowest BCUT2D eigenvalue weighted by molar-refractivity contribution is -0.0390. The fraction of sp³-hybridized carbons (Fsp3) is 0.500. The lowest BCUT2D eigenvalue weighted by Gasteiger charge is -2.49. The fourth-order valence-corrected chi connectivity index (χ4v) is 2.40. The van der Waals surface area contributed by atoms with Gasteiger partial charge in [0, 0.05) is 32.2 Å². The minimum Gasteiger partial charge on any atom is -0.445 e. The Morgan fingerprint density at radius 2 is 1.89 bits per heavy atom. The van der Waals surface area contributed by atoms with Crippen LogP contribution in [-0.2, 0) is 11.3 Å². The highest BCUT2D eigenvalue weighted by molar-refractivity contribution is 5.68. The second kappa shape index (κ2) is 5.17. The zero-order chi connectivity index (χ0) is 13.2. The van der Waals surface area contributed by atoms with E-state index >= 15 is 0 Å². The van der Waals surface area contributed by atoms with Gasteiger partial charge in [0.15, 0.2) is 0 Å². The monoisotopic (exact) mass is 264 g/mol. The molecule has 1 amide bonds. The molecular weight excluding hydrogens is 247 g/mol. The Morgan fingerprint density at radius 3 is 2.53 bits per heavy atom. The molecule has 0 spiro atoms. The largest absolute Gasteiger partial charge is 0.445 e. The van der Waals surface area contributed by atoms with E-state index in [1.165, 1.54) is 0 Å². The van der Waals surface area contributed by atoms with Crippen LogP contribution in [0.2, 0.25) is 0 Å². The van der Waals surface area contributed by atoms with Crippen LogP contribution in [0.5, 0.6) is 0 Å². The summed E-state index contributed by atoms with van der Waals surface area (Å²) < 4.78 is 17.9. The standard InChI is InChI=1S/C14H17FN2O2/c15-12-6-16(7-12)13-8-17(9-13)14(18)19-10-11-4-2-1-3-5-11/h1-5,12-13H,6-10H2. The van der Waals surface area contributed by atoms with E-state index < -0.39 is 6.17 Å². The highest BCUT2D eigenvalue weighted by Crippen LogP contribution is 2.22. The van der Waals surface area contributed by atoms with Gasteiger partial charge in [-0.25, -0.2) is 9.18 Å². The highest BCUT2D eigenvalue weighted by atomic mass is 19.1.